The van der Waals surface area contributed by atoms with Crippen LogP contribution in [0.15, 0.2) is 28.1 Å². The molecule has 168 valence electrons. The molecule has 2 aliphatic heterocycles. The van der Waals surface area contributed by atoms with Crippen LogP contribution in [0.1, 0.15) is 54.7 Å². The van der Waals surface area contributed by atoms with Crippen molar-refractivity contribution in [3.63, 3.8) is 0 Å². The molecule has 0 amide bonds. The molecule has 1 saturated heterocycles. The van der Waals surface area contributed by atoms with Crippen LogP contribution in [-0.4, -0.2) is 45.5 Å². The molecule has 1 aromatic heterocycles. The normalized spacial score (nSPS) is 16.6. The minimum Gasteiger partial charge on any atom is -0.411 e. The molecule has 0 unspecified atom stereocenters. The van der Waals surface area contributed by atoms with Crippen molar-refractivity contribution in [2.24, 2.45) is 5.16 Å². The Bertz CT molecular complexity index is 969. The SMILES string of the molecule is Cc1nc2n(c(=O)c1CCN1CCCCC1)CCCC2.O/N=C/c1ccc(F)cc1F. The first kappa shape index (κ1) is 23.1. The number of oxime groups is 1. The molecule has 0 aliphatic carbocycles. The Labute approximate surface area is 181 Å². The van der Waals surface area contributed by atoms with Gasteiger partial charge < -0.3 is 10.1 Å². The number of aromatic nitrogens is 2. The Morgan fingerprint density at radius 2 is 1.87 bits per heavy atom. The van der Waals surface area contributed by atoms with Gasteiger partial charge in [0.05, 0.1) is 6.21 Å². The molecule has 3 heterocycles. The zero-order chi connectivity index (χ0) is 22.2. The minimum absolute atomic E-state index is 0.0499. The zero-order valence-electron chi connectivity index (χ0n) is 18.0. The average molecular weight is 433 g/mol. The van der Waals surface area contributed by atoms with Crippen LogP contribution >= 0.6 is 0 Å². The maximum atomic E-state index is 12.6. The standard InChI is InChI=1S/C16H25N3O.C7H5F2NO/c1-13-14(8-12-18-9-4-2-5-10-18)16(20)19-11-6-3-7-15(19)17-13;8-6-2-1-5(4-10-11)7(9)3-6/h2-12H2,1H3;1-4,11H/b;10-4+. The van der Waals surface area contributed by atoms with Crippen molar-refractivity contribution in [1.82, 2.24) is 14.5 Å². The highest BCUT2D eigenvalue weighted by molar-refractivity contribution is 5.79. The molecule has 0 saturated carbocycles. The fraction of sp³-hybridized carbons (Fsp3) is 0.522. The summed E-state index contributed by atoms with van der Waals surface area (Å²) in [7, 11) is 0. The van der Waals surface area contributed by atoms with E-state index < -0.39 is 11.6 Å². The number of nitrogens with zero attached hydrogens (tertiary/aromatic N) is 4. The van der Waals surface area contributed by atoms with E-state index in [0.717, 1.165) is 67.8 Å². The van der Waals surface area contributed by atoms with Crippen molar-refractivity contribution >= 4 is 6.21 Å². The van der Waals surface area contributed by atoms with Gasteiger partial charge in [-0.1, -0.05) is 11.6 Å². The monoisotopic (exact) mass is 432 g/mol. The molecule has 2 aliphatic rings. The second kappa shape index (κ2) is 11.1. The van der Waals surface area contributed by atoms with Crippen LogP contribution in [0.25, 0.3) is 0 Å². The van der Waals surface area contributed by atoms with E-state index >= 15 is 0 Å². The minimum atomic E-state index is -0.747. The Morgan fingerprint density at radius 3 is 2.58 bits per heavy atom. The third-order valence-electron chi connectivity index (χ3n) is 5.87. The summed E-state index contributed by atoms with van der Waals surface area (Å²) in [4.78, 5) is 19.8. The summed E-state index contributed by atoms with van der Waals surface area (Å²) in [5, 5.41) is 10.6. The summed E-state index contributed by atoms with van der Waals surface area (Å²) >= 11 is 0. The van der Waals surface area contributed by atoms with Crippen LogP contribution < -0.4 is 5.56 Å². The highest BCUT2D eigenvalue weighted by Gasteiger charge is 2.18. The van der Waals surface area contributed by atoms with Gasteiger partial charge in [-0.2, -0.15) is 0 Å². The summed E-state index contributed by atoms with van der Waals surface area (Å²) in [5.74, 6) is -0.402. The van der Waals surface area contributed by atoms with Gasteiger partial charge in [0.1, 0.15) is 17.5 Å². The lowest BCUT2D eigenvalue weighted by atomic mass is 10.1. The molecule has 0 atom stereocenters. The first-order valence-corrected chi connectivity index (χ1v) is 10.9. The van der Waals surface area contributed by atoms with Crippen molar-refractivity contribution in [1.29, 1.82) is 0 Å². The van der Waals surface area contributed by atoms with E-state index in [-0.39, 0.29) is 11.1 Å². The van der Waals surface area contributed by atoms with Crippen molar-refractivity contribution in [2.45, 2.75) is 58.4 Å². The van der Waals surface area contributed by atoms with Gasteiger partial charge in [-0.25, -0.2) is 13.8 Å². The van der Waals surface area contributed by atoms with E-state index in [0.29, 0.717) is 0 Å². The van der Waals surface area contributed by atoms with E-state index in [1.165, 1.54) is 44.8 Å². The van der Waals surface area contributed by atoms with Gasteiger partial charge in [0.25, 0.3) is 5.56 Å². The molecule has 1 N–H and O–H groups in total. The highest BCUT2D eigenvalue weighted by Crippen LogP contribution is 2.14. The maximum absolute atomic E-state index is 12.6. The molecule has 31 heavy (non-hydrogen) atoms. The number of likely N-dealkylation sites (tertiary alicyclic amines) is 1. The predicted molar refractivity (Wildman–Crippen MR) is 116 cm³/mol. The van der Waals surface area contributed by atoms with Crippen LogP contribution in [0.2, 0.25) is 0 Å². The summed E-state index contributed by atoms with van der Waals surface area (Å²) in [6, 6.07) is 2.99. The number of hydrogen-bond acceptors (Lipinski definition) is 5. The number of aryl methyl sites for hydroxylation is 2. The van der Waals surface area contributed by atoms with Crippen LogP contribution in [-0.2, 0) is 19.4 Å². The first-order chi connectivity index (χ1) is 15.0. The molecule has 8 heteroatoms. The van der Waals surface area contributed by atoms with Gasteiger partial charge in [-0.15, -0.1) is 0 Å². The predicted octanol–water partition coefficient (Wildman–Crippen LogP) is 3.69. The van der Waals surface area contributed by atoms with E-state index in [1.807, 2.05) is 11.5 Å². The van der Waals surface area contributed by atoms with Gasteiger partial charge in [0, 0.05) is 42.4 Å². The lowest BCUT2D eigenvalue weighted by Crippen LogP contribution is -2.35. The smallest absolute Gasteiger partial charge is 0.256 e. The van der Waals surface area contributed by atoms with E-state index in [2.05, 4.69) is 15.0 Å². The number of rotatable bonds is 4. The molecule has 0 spiro atoms. The summed E-state index contributed by atoms with van der Waals surface area (Å²) < 4.78 is 26.8. The quantitative estimate of drug-likeness (QED) is 0.455. The maximum Gasteiger partial charge on any atom is 0.256 e. The van der Waals surface area contributed by atoms with Gasteiger partial charge >= 0.3 is 0 Å². The van der Waals surface area contributed by atoms with Gasteiger partial charge in [0.2, 0.25) is 0 Å². The van der Waals surface area contributed by atoms with Gasteiger partial charge in [-0.05, 0) is 64.3 Å². The first-order valence-electron chi connectivity index (χ1n) is 10.9. The lowest BCUT2D eigenvalue weighted by molar-refractivity contribution is 0.231. The average Bonchev–Trinajstić information content (AvgIpc) is 2.77. The second-order valence-corrected chi connectivity index (χ2v) is 8.07. The molecule has 0 bridgehead atoms. The zero-order valence-corrected chi connectivity index (χ0v) is 18.0. The van der Waals surface area contributed by atoms with E-state index in [1.54, 1.807) is 0 Å². The van der Waals surface area contributed by atoms with Crippen molar-refractivity contribution < 1.29 is 14.0 Å². The van der Waals surface area contributed by atoms with E-state index in [9.17, 15) is 13.6 Å². The Kier molecular flexibility index (Phi) is 8.28. The van der Waals surface area contributed by atoms with Crippen molar-refractivity contribution in [3.8, 4) is 0 Å². The largest absolute Gasteiger partial charge is 0.411 e. The second-order valence-electron chi connectivity index (χ2n) is 8.07. The summed E-state index contributed by atoms with van der Waals surface area (Å²) in [5.41, 5.74) is 2.18. The molecule has 1 aromatic carbocycles. The van der Waals surface area contributed by atoms with Crippen LogP contribution in [0.4, 0.5) is 8.78 Å². The Morgan fingerprint density at radius 1 is 1.13 bits per heavy atom. The summed E-state index contributed by atoms with van der Waals surface area (Å²) in [6.45, 7) is 6.26. The van der Waals surface area contributed by atoms with Gasteiger partial charge in [0.15, 0.2) is 0 Å². The molecule has 6 nitrogen and oxygen atoms in total. The van der Waals surface area contributed by atoms with Crippen LogP contribution in [0.3, 0.4) is 0 Å². The van der Waals surface area contributed by atoms with Crippen LogP contribution in [0.5, 0.6) is 0 Å². The molecule has 4 rings (SSSR count). The molecule has 2 aromatic rings. The van der Waals surface area contributed by atoms with Crippen molar-refractivity contribution in [3.05, 3.63) is 62.8 Å². The third-order valence-corrected chi connectivity index (χ3v) is 5.87. The fourth-order valence-corrected chi connectivity index (χ4v) is 4.14. The lowest BCUT2D eigenvalue weighted by Gasteiger charge is -2.26. The topological polar surface area (TPSA) is 70.7 Å². The molecular weight excluding hydrogens is 402 g/mol. The third kappa shape index (κ3) is 6.19. The number of fused-ring (bicyclic) bond motifs is 1. The number of hydrogen-bond donors (Lipinski definition) is 1. The fourth-order valence-electron chi connectivity index (χ4n) is 4.14. The van der Waals surface area contributed by atoms with Crippen LogP contribution in [0, 0.1) is 18.6 Å². The van der Waals surface area contributed by atoms with Gasteiger partial charge in [-0.3, -0.25) is 9.36 Å². The van der Waals surface area contributed by atoms with Crippen molar-refractivity contribution in [2.75, 3.05) is 19.6 Å². The molecule has 0 radical (unpaired) electrons. The number of benzene rings is 1. The summed E-state index contributed by atoms with van der Waals surface area (Å²) in [6.07, 6.45) is 8.97. The number of piperidine rings is 1. The Balaban J connectivity index is 0.000000210. The molecular formula is C23H30F2N4O2. The number of halogens is 2. The highest BCUT2D eigenvalue weighted by atomic mass is 19.1. The Hall–Kier alpha value is -2.61. The van der Waals surface area contributed by atoms with E-state index in [4.69, 9.17) is 5.21 Å². The molecule has 1 fully saturated rings.